The van der Waals surface area contributed by atoms with E-state index in [9.17, 15) is 0 Å². The Bertz CT molecular complexity index is 175. The highest BCUT2D eigenvalue weighted by molar-refractivity contribution is 5.02. The summed E-state index contributed by atoms with van der Waals surface area (Å²) >= 11 is 0. The van der Waals surface area contributed by atoms with E-state index in [1.807, 2.05) is 0 Å². The minimum atomic E-state index is 0.614. The average molecular weight is 133 g/mol. The first-order valence-electron chi connectivity index (χ1n) is 3.35. The molecule has 0 saturated carbocycles. The fourth-order valence-electron chi connectivity index (χ4n) is 0.489. The Labute approximate surface area is 62.4 Å². The zero-order valence-corrected chi connectivity index (χ0v) is 6.06. The van der Waals surface area contributed by atoms with Gasteiger partial charge in [0, 0.05) is 19.3 Å². The highest BCUT2D eigenvalue weighted by atomic mass is 14.2. The van der Waals surface area contributed by atoms with Crippen LogP contribution in [-0.2, 0) is 0 Å². The van der Waals surface area contributed by atoms with Gasteiger partial charge in [-0.2, -0.15) is 5.26 Å². The van der Waals surface area contributed by atoms with Gasteiger partial charge in [-0.05, 0) is 6.42 Å². The van der Waals surface area contributed by atoms with E-state index in [2.05, 4.69) is 24.5 Å². The molecule has 0 aliphatic carbocycles. The third-order valence-corrected chi connectivity index (χ3v) is 0.962. The van der Waals surface area contributed by atoms with Gasteiger partial charge in [0.15, 0.2) is 0 Å². The van der Waals surface area contributed by atoms with Crippen LogP contribution in [0.1, 0.15) is 25.7 Å². The number of hydrogen-bond acceptors (Lipinski definition) is 1. The maximum Gasteiger partial charge on any atom is 0.0622 e. The van der Waals surface area contributed by atoms with Crippen LogP contribution in [0.4, 0.5) is 0 Å². The van der Waals surface area contributed by atoms with Crippen molar-refractivity contribution in [2.24, 2.45) is 0 Å². The SMILES string of the molecule is C=CCC#CCCCC#N. The van der Waals surface area contributed by atoms with Crippen LogP contribution in [0, 0.1) is 23.2 Å². The Morgan fingerprint density at radius 1 is 1.30 bits per heavy atom. The molecule has 0 unspecified atom stereocenters. The second-order valence-corrected chi connectivity index (χ2v) is 1.86. The number of unbranched alkanes of at least 4 members (excludes halogenated alkanes) is 2. The summed E-state index contributed by atoms with van der Waals surface area (Å²) in [6.07, 6.45) is 4.87. The lowest BCUT2D eigenvalue weighted by Gasteiger charge is -1.80. The zero-order chi connectivity index (χ0) is 7.66. The summed E-state index contributed by atoms with van der Waals surface area (Å²) in [6.45, 7) is 3.54. The van der Waals surface area contributed by atoms with Crippen molar-refractivity contribution < 1.29 is 0 Å². The summed E-state index contributed by atoms with van der Waals surface area (Å²) in [4.78, 5) is 0. The number of nitriles is 1. The monoisotopic (exact) mass is 133 g/mol. The summed E-state index contributed by atoms with van der Waals surface area (Å²) in [5.74, 6) is 5.87. The molecule has 0 fully saturated rings. The smallest absolute Gasteiger partial charge is 0.0622 e. The van der Waals surface area contributed by atoms with Gasteiger partial charge in [0.05, 0.1) is 6.07 Å². The van der Waals surface area contributed by atoms with Gasteiger partial charge < -0.3 is 0 Å². The van der Waals surface area contributed by atoms with Gasteiger partial charge in [-0.15, -0.1) is 12.5 Å². The molecule has 0 aliphatic heterocycles. The summed E-state index contributed by atoms with van der Waals surface area (Å²) in [5, 5.41) is 8.15. The molecule has 0 aliphatic rings. The summed E-state index contributed by atoms with van der Waals surface area (Å²) < 4.78 is 0. The van der Waals surface area contributed by atoms with E-state index in [1.54, 1.807) is 6.08 Å². The van der Waals surface area contributed by atoms with Crippen molar-refractivity contribution in [1.82, 2.24) is 0 Å². The van der Waals surface area contributed by atoms with Crippen LogP contribution < -0.4 is 0 Å². The zero-order valence-electron chi connectivity index (χ0n) is 6.06. The number of rotatable bonds is 3. The van der Waals surface area contributed by atoms with Gasteiger partial charge in [-0.3, -0.25) is 0 Å². The lowest BCUT2D eigenvalue weighted by Crippen LogP contribution is -1.68. The molecule has 1 heteroatoms. The van der Waals surface area contributed by atoms with Crippen LogP contribution in [-0.4, -0.2) is 0 Å². The largest absolute Gasteiger partial charge is 0.198 e. The Kier molecular flexibility index (Phi) is 6.85. The van der Waals surface area contributed by atoms with Gasteiger partial charge >= 0.3 is 0 Å². The molecule has 0 heterocycles. The van der Waals surface area contributed by atoms with E-state index in [1.165, 1.54) is 0 Å². The Balaban J connectivity index is 3.13. The number of nitrogens with zero attached hydrogens (tertiary/aromatic N) is 1. The maximum absolute atomic E-state index is 8.15. The van der Waals surface area contributed by atoms with Crippen LogP contribution in [0.5, 0.6) is 0 Å². The predicted molar refractivity (Wildman–Crippen MR) is 42.1 cm³/mol. The minimum Gasteiger partial charge on any atom is -0.198 e. The van der Waals surface area contributed by atoms with Crippen molar-refractivity contribution in [2.75, 3.05) is 0 Å². The van der Waals surface area contributed by atoms with Crippen molar-refractivity contribution in [3.8, 4) is 17.9 Å². The lowest BCUT2D eigenvalue weighted by atomic mass is 10.2. The van der Waals surface area contributed by atoms with Crippen molar-refractivity contribution in [3.05, 3.63) is 12.7 Å². The van der Waals surface area contributed by atoms with Crippen LogP contribution in [0.2, 0.25) is 0 Å². The standard InChI is InChI=1S/C9H11N/c1-2-3-4-5-6-7-8-9-10/h2H,1,3,6-8H2. The lowest BCUT2D eigenvalue weighted by molar-refractivity contribution is 0.893. The van der Waals surface area contributed by atoms with E-state index in [0.717, 1.165) is 19.3 Å². The quantitative estimate of drug-likeness (QED) is 0.329. The minimum absolute atomic E-state index is 0.614. The average Bonchev–Trinajstić information content (AvgIpc) is 1.97. The highest BCUT2D eigenvalue weighted by Crippen LogP contribution is 1.90. The predicted octanol–water partition coefficient (Wildman–Crippen LogP) is 2.26. The third kappa shape index (κ3) is 6.79. The molecule has 0 spiro atoms. The first kappa shape index (κ1) is 8.79. The Morgan fingerprint density at radius 2 is 2.10 bits per heavy atom. The maximum atomic E-state index is 8.15. The molecule has 0 amide bonds. The van der Waals surface area contributed by atoms with Crippen LogP contribution >= 0.6 is 0 Å². The number of allylic oxidation sites excluding steroid dienone is 1. The molecular formula is C9H11N. The van der Waals surface area contributed by atoms with E-state index in [-0.39, 0.29) is 0 Å². The molecular weight excluding hydrogens is 122 g/mol. The van der Waals surface area contributed by atoms with E-state index < -0.39 is 0 Å². The van der Waals surface area contributed by atoms with E-state index >= 15 is 0 Å². The Morgan fingerprint density at radius 3 is 2.70 bits per heavy atom. The van der Waals surface area contributed by atoms with Crippen LogP contribution in [0.15, 0.2) is 12.7 Å². The molecule has 0 bridgehead atoms. The van der Waals surface area contributed by atoms with Crippen molar-refractivity contribution >= 4 is 0 Å². The first-order chi connectivity index (χ1) is 4.91. The molecule has 52 valence electrons. The molecule has 10 heavy (non-hydrogen) atoms. The molecule has 0 aromatic heterocycles. The Hall–Kier alpha value is -1.21. The second kappa shape index (κ2) is 7.79. The van der Waals surface area contributed by atoms with E-state index in [0.29, 0.717) is 6.42 Å². The summed E-state index contributed by atoms with van der Waals surface area (Å²) in [6, 6.07) is 2.07. The highest BCUT2D eigenvalue weighted by Gasteiger charge is 1.78. The molecule has 0 atom stereocenters. The topological polar surface area (TPSA) is 23.8 Å². The van der Waals surface area contributed by atoms with Crippen molar-refractivity contribution in [3.63, 3.8) is 0 Å². The van der Waals surface area contributed by atoms with Gasteiger partial charge in [0.25, 0.3) is 0 Å². The van der Waals surface area contributed by atoms with Crippen molar-refractivity contribution in [1.29, 1.82) is 5.26 Å². The van der Waals surface area contributed by atoms with Crippen LogP contribution in [0.25, 0.3) is 0 Å². The van der Waals surface area contributed by atoms with Gasteiger partial charge in [-0.1, -0.05) is 12.0 Å². The van der Waals surface area contributed by atoms with Crippen LogP contribution in [0.3, 0.4) is 0 Å². The molecule has 0 aromatic carbocycles. The normalized spacial score (nSPS) is 7.10. The van der Waals surface area contributed by atoms with Gasteiger partial charge in [0.1, 0.15) is 0 Å². The first-order valence-corrected chi connectivity index (χ1v) is 3.35. The number of hydrogen-bond donors (Lipinski definition) is 0. The fraction of sp³-hybridized carbons (Fsp3) is 0.444. The van der Waals surface area contributed by atoms with Gasteiger partial charge in [0.2, 0.25) is 0 Å². The summed E-state index contributed by atoms with van der Waals surface area (Å²) in [7, 11) is 0. The van der Waals surface area contributed by atoms with Crippen molar-refractivity contribution in [2.45, 2.75) is 25.7 Å². The summed E-state index contributed by atoms with van der Waals surface area (Å²) in [5.41, 5.74) is 0. The third-order valence-electron chi connectivity index (χ3n) is 0.962. The second-order valence-electron chi connectivity index (χ2n) is 1.86. The van der Waals surface area contributed by atoms with Gasteiger partial charge in [-0.25, -0.2) is 0 Å². The molecule has 0 radical (unpaired) electrons. The molecule has 0 saturated heterocycles. The molecule has 0 aromatic rings. The molecule has 1 nitrogen and oxygen atoms in total. The fourth-order valence-corrected chi connectivity index (χ4v) is 0.489. The molecule has 0 rings (SSSR count). The van der Waals surface area contributed by atoms with E-state index in [4.69, 9.17) is 5.26 Å². The molecule has 0 N–H and O–H groups in total.